The molecule has 0 aliphatic heterocycles. The minimum atomic E-state index is 0.121. The fourth-order valence-corrected chi connectivity index (χ4v) is 2.89. The van der Waals surface area contributed by atoms with Crippen LogP contribution in [0.25, 0.3) is 21.9 Å². The molecule has 0 saturated carbocycles. The summed E-state index contributed by atoms with van der Waals surface area (Å²) in [7, 11) is 0. The summed E-state index contributed by atoms with van der Waals surface area (Å²) >= 11 is 6.03. The third-order valence-electron chi connectivity index (χ3n) is 4.08. The Morgan fingerprint density at radius 1 is 1.00 bits per heavy atom. The Kier molecular flexibility index (Phi) is 3.95. The highest BCUT2D eigenvalue weighted by Crippen LogP contribution is 2.31. The first-order valence-corrected chi connectivity index (χ1v) is 7.92. The van der Waals surface area contributed by atoms with Gasteiger partial charge in [-0.25, -0.2) is 4.98 Å². The van der Waals surface area contributed by atoms with Crippen LogP contribution in [0.4, 0.5) is 0 Å². The maximum Gasteiger partial charge on any atom is 0.153 e. The molecule has 1 aromatic heterocycles. The Bertz CT molecular complexity index is 894. The molecule has 3 rings (SSSR count). The molecule has 0 saturated heterocycles. The summed E-state index contributed by atoms with van der Waals surface area (Å²) in [6.45, 7) is 6.62. The van der Waals surface area contributed by atoms with Gasteiger partial charge in [-0.15, -0.1) is 0 Å². The number of rotatable bonds is 2. The van der Waals surface area contributed by atoms with E-state index in [0.29, 0.717) is 5.56 Å². The van der Waals surface area contributed by atoms with Crippen LogP contribution in [0, 0.1) is 0 Å². The van der Waals surface area contributed by atoms with Gasteiger partial charge < -0.3 is 0 Å². The largest absolute Gasteiger partial charge is 0.298 e. The van der Waals surface area contributed by atoms with Gasteiger partial charge in [0.2, 0.25) is 0 Å². The van der Waals surface area contributed by atoms with Crippen molar-refractivity contribution < 1.29 is 4.79 Å². The first-order chi connectivity index (χ1) is 10.9. The van der Waals surface area contributed by atoms with Gasteiger partial charge in [-0.05, 0) is 45.0 Å². The third kappa shape index (κ3) is 2.99. The number of carbonyl (C=O) groups is 1. The van der Waals surface area contributed by atoms with Gasteiger partial charge in [-0.1, -0.05) is 62.7 Å². The maximum absolute atomic E-state index is 11.3. The lowest BCUT2D eigenvalue weighted by molar-refractivity contribution is 0.112. The summed E-state index contributed by atoms with van der Waals surface area (Å²) in [6, 6.07) is 14.5. The molecular weight excluding hydrogens is 306 g/mol. The van der Waals surface area contributed by atoms with Crippen LogP contribution in [0.2, 0.25) is 5.15 Å². The zero-order valence-corrected chi connectivity index (χ0v) is 14.2. The van der Waals surface area contributed by atoms with Gasteiger partial charge in [0.1, 0.15) is 5.15 Å². The lowest BCUT2D eigenvalue weighted by Crippen LogP contribution is -2.10. The molecule has 2 aromatic carbocycles. The molecule has 0 aliphatic rings. The van der Waals surface area contributed by atoms with E-state index in [1.807, 2.05) is 12.1 Å². The number of halogens is 1. The maximum atomic E-state index is 11.3. The Balaban J connectivity index is 2.15. The van der Waals surface area contributed by atoms with Crippen molar-refractivity contribution in [3.63, 3.8) is 0 Å². The van der Waals surface area contributed by atoms with Gasteiger partial charge in [-0.2, -0.15) is 0 Å². The zero-order chi connectivity index (χ0) is 16.6. The highest BCUT2D eigenvalue weighted by Gasteiger charge is 2.14. The number of pyridine rings is 1. The number of aldehydes is 1. The van der Waals surface area contributed by atoms with E-state index in [9.17, 15) is 4.79 Å². The molecule has 0 amide bonds. The van der Waals surface area contributed by atoms with Crippen molar-refractivity contribution >= 4 is 28.7 Å². The van der Waals surface area contributed by atoms with Crippen LogP contribution in [0.5, 0.6) is 0 Å². The van der Waals surface area contributed by atoms with Crippen LogP contribution < -0.4 is 0 Å². The Morgan fingerprint density at radius 2 is 1.70 bits per heavy atom. The van der Waals surface area contributed by atoms with Crippen molar-refractivity contribution in [2.75, 3.05) is 0 Å². The summed E-state index contributed by atoms with van der Waals surface area (Å²) in [5, 5.41) is 2.56. The summed E-state index contributed by atoms with van der Waals surface area (Å²) in [6.07, 6.45) is 2.38. The Hall–Kier alpha value is -2.19. The smallest absolute Gasteiger partial charge is 0.153 e. The van der Waals surface area contributed by atoms with E-state index in [1.54, 1.807) is 6.20 Å². The van der Waals surface area contributed by atoms with Crippen molar-refractivity contribution in [3.8, 4) is 11.1 Å². The lowest BCUT2D eigenvalue weighted by atomic mass is 9.85. The predicted molar refractivity (Wildman–Crippen MR) is 96.3 cm³/mol. The van der Waals surface area contributed by atoms with Crippen molar-refractivity contribution in [1.29, 1.82) is 0 Å². The number of carbonyl (C=O) groups excluding carboxylic acids is 1. The number of benzene rings is 2. The van der Waals surface area contributed by atoms with Crippen LogP contribution >= 0.6 is 11.6 Å². The van der Waals surface area contributed by atoms with Crippen LogP contribution in [0.3, 0.4) is 0 Å². The second-order valence-electron chi connectivity index (χ2n) is 6.71. The van der Waals surface area contributed by atoms with Crippen LogP contribution in [0.15, 0.2) is 48.7 Å². The lowest BCUT2D eigenvalue weighted by Gasteiger charge is -2.19. The molecule has 2 nitrogen and oxygen atoms in total. The average Bonchev–Trinajstić information content (AvgIpc) is 2.52. The highest BCUT2D eigenvalue weighted by molar-refractivity contribution is 6.32. The van der Waals surface area contributed by atoms with Crippen LogP contribution in [0.1, 0.15) is 36.7 Å². The molecule has 0 atom stereocenters. The van der Waals surface area contributed by atoms with Crippen molar-refractivity contribution in [1.82, 2.24) is 4.98 Å². The zero-order valence-electron chi connectivity index (χ0n) is 13.4. The van der Waals surface area contributed by atoms with E-state index in [-0.39, 0.29) is 10.6 Å². The average molecular weight is 324 g/mol. The monoisotopic (exact) mass is 323 g/mol. The van der Waals surface area contributed by atoms with E-state index in [2.05, 4.69) is 56.1 Å². The highest BCUT2D eigenvalue weighted by atomic mass is 35.5. The second-order valence-corrected chi connectivity index (χ2v) is 7.07. The molecule has 0 N–H and O–H groups in total. The van der Waals surface area contributed by atoms with E-state index in [1.165, 1.54) is 10.9 Å². The fourth-order valence-electron chi connectivity index (χ4n) is 2.69. The van der Waals surface area contributed by atoms with E-state index >= 15 is 0 Å². The van der Waals surface area contributed by atoms with Crippen LogP contribution in [-0.4, -0.2) is 11.3 Å². The van der Waals surface area contributed by atoms with Gasteiger partial charge in [-0.3, -0.25) is 4.79 Å². The fraction of sp³-hybridized carbons (Fsp3) is 0.200. The second kappa shape index (κ2) is 5.78. The van der Waals surface area contributed by atoms with Crippen molar-refractivity contribution in [3.05, 3.63) is 64.9 Å². The summed E-state index contributed by atoms with van der Waals surface area (Å²) < 4.78 is 0. The van der Waals surface area contributed by atoms with Crippen LogP contribution in [-0.2, 0) is 5.41 Å². The summed E-state index contributed by atoms with van der Waals surface area (Å²) in [4.78, 5) is 15.3. The molecule has 0 radical (unpaired) electrons. The molecule has 0 unspecified atom stereocenters. The molecule has 0 fully saturated rings. The Labute approximate surface area is 141 Å². The molecule has 3 heteroatoms. The quantitative estimate of drug-likeness (QED) is 0.449. The number of fused-ring (bicyclic) bond motifs is 1. The van der Waals surface area contributed by atoms with E-state index in [4.69, 9.17) is 11.6 Å². The molecular formula is C20H18ClNO. The number of hydrogen-bond donors (Lipinski definition) is 0. The number of aromatic nitrogens is 1. The topological polar surface area (TPSA) is 30.0 Å². The van der Waals surface area contributed by atoms with Crippen molar-refractivity contribution in [2.45, 2.75) is 26.2 Å². The SMILES string of the molecule is CC(C)(C)c1ccc2cc(-c3ccnc(Cl)c3C=O)ccc2c1. The van der Waals surface area contributed by atoms with Gasteiger partial charge in [0, 0.05) is 6.20 Å². The molecule has 0 spiro atoms. The standard InChI is InChI=1S/C20H18ClNO/c1-20(2,3)16-7-6-13-10-15(5-4-14(13)11-16)17-8-9-22-19(21)18(17)12-23/h4-12H,1-3H3. The van der Waals surface area contributed by atoms with Crippen molar-refractivity contribution in [2.24, 2.45) is 0 Å². The normalized spacial score (nSPS) is 11.7. The van der Waals surface area contributed by atoms with Gasteiger partial charge in [0.25, 0.3) is 0 Å². The molecule has 0 bridgehead atoms. The van der Waals surface area contributed by atoms with Gasteiger partial charge in [0.05, 0.1) is 5.56 Å². The number of hydrogen-bond acceptors (Lipinski definition) is 2. The first-order valence-electron chi connectivity index (χ1n) is 7.54. The minimum absolute atomic E-state index is 0.121. The van der Waals surface area contributed by atoms with Gasteiger partial charge >= 0.3 is 0 Å². The van der Waals surface area contributed by atoms with E-state index < -0.39 is 0 Å². The molecule has 23 heavy (non-hydrogen) atoms. The number of nitrogens with zero attached hydrogens (tertiary/aromatic N) is 1. The summed E-state index contributed by atoms with van der Waals surface area (Å²) in [5.74, 6) is 0. The molecule has 116 valence electrons. The molecule has 1 heterocycles. The molecule has 0 aliphatic carbocycles. The third-order valence-corrected chi connectivity index (χ3v) is 4.38. The predicted octanol–water partition coefficient (Wildman–Crippen LogP) is 5.67. The first kappa shape index (κ1) is 15.7. The molecule has 3 aromatic rings. The summed E-state index contributed by atoms with van der Waals surface area (Å²) in [5.41, 5.74) is 3.63. The van der Waals surface area contributed by atoms with E-state index in [0.717, 1.165) is 22.8 Å². The Morgan fingerprint density at radius 3 is 2.39 bits per heavy atom. The minimum Gasteiger partial charge on any atom is -0.298 e. The van der Waals surface area contributed by atoms with Gasteiger partial charge in [0.15, 0.2) is 6.29 Å².